The van der Waals surface area contributed by atoms with Gasteiger partial charge in [-0.05, 0) is 36.4 Å². The van der Waals surface area contributed by atoms with Crippen molar-refractivity contribution in [2.24, 2.45) is 0 Å². The average molecular weight is 250 g/mol. The first-order chi connectivity index (χ1) is 7.81. The summed E-state index contributed by atoms with van der Waals surface area (Å²) >= 11 is 0. The topological polar surface area (TPSA) is 9.23 Å². The van der Waals surface area contributed by atoms with E-state index in [1.54, 1.807) is 0 Å². The summed E-state index contributed by atoms with van der Waals surface area (Å²) in [6.45, 7) is 14.1. The van der Waals surface area contributed by atoms with Gasteiger partial charge in [0.2, 0.25) is 0 Å². The summed E-state index contributed by atoms with van der Waals surface area (Å²) in [6, 6.07) is 0. The maximum atomic E-state index is 6.01. The lowest BCUT2D eigenvalue weighted by Gasteiger charge is -2.35. The van der Waals surface area contributed by atoms with Gasteiger partial charge in [0.15, 0.2) is 8.32 Å². The minimum absolute atomic E-state index is 0.279. The predicted molar refractivity (Wildman–Crippen MR) is 78.2 cm³/mol. The zero-order valence-corrected chi connectivity index (χ0v) is 13.2. The number of unbranched alkanes of at least 4 members (excludes halogenated alkanes) is 1. The van der Waals surface area contributed by atoms with Gasteiger partial charge in [0, 0.05) is 19.4 Å². The summed E-state index contributed by atoms with van der Waals surface area (Å²) in [4.78, 5) is 0. The molecule has 0 radical (unpaired) electrons. The normalized spacial score (nSPS) is 11.2. The molecule has 0 aliphatic heterocycles. The van der Waals surface area contributed by atoms with Crippen molar-refractivity contribution in [3.63, 3.8) is 0 Å². The highest BCUT2D eigenvalue weighted by Crippen LogP contribution is 2.36. The first-order valence-corrected chi connectivity index (χ1v) is 9.32. The Morgan fingerprint density at radius 3 is 2.00 bits per heavy atom. The van der Waals surface area contributed by atoms with Crippen LogP contribution >= 0.6 is 0 Å². The molecule has 0 aliphatic carbocycles. The second kappa shape index (κ2) is 7.59. The number of hydrogen-bond donors (Lipinski definition) is 0. The molecule has 0 aromatic carbocycles. The van der Waals surface area contributed by atoms with Crippen molar-refractivity contribution < 1.29 is 4.43 Å². The molecule has 0 aromatic heterocycles. The minimum atomic E-state index is -1.59. The fraction of sp³-hybridized carbons (Fsp3) is 0.733. The lowest BCUT2D eigenvalue weighted by atomic mass is 10.2. The van der Waals surface area contributed by atoms with Gasteiger partial charge >= 0.3 is 0 Å². The SMILES string of the molecule is CCCC#CC#CCCO[Si](C)(C)C(C)(C)C. The van der Waals surface area contributed by atoms with E-state index in [0.29, 0.717) is 0 Å². The Labute approximate surface area is 108 Å². The van der Waals surface area contributed by atoms with E-state index in [2.05, 4.69) is 64.5 Å². The van der Waals surface area contributed by atoms with Crippen LogP contribution in [0.5, 0.6) is 0 Å². The van der Waals surface area contributed by atoms with Crippen molar-refractivity contribution in [1.82, 2.24) is 0 Å². The molecule has 0 N–H and O–H groups in total. The van der Waals surface area contributed by atoms with Gasteiger partial charge in [-0.1, -0.05) is 39.5 Å². The monoisotopic (exact) mass is 250 g/mol. The van der Waals surface area contributed by atoms with Crippen LogP contribution in [0, 0.1) is 23.7 Å². The molecule has 0 rings (SSSR count). The maximum absolute atomic E-state index is 6.01. The molecule has 0 unspecified atom stereocenters. The highest BCUT2D eigenvalue weighted by molar-refractivity contribution is 6.74. The van der Waals surface area contributed by atoms with Crippen LogP contribution in [0.2, 0.25) is 18.1 Å². The van der Waals surface area contributed by atoms with Crippen molar-refractivity contribution in [3.05, 3.63) is 0 Å². The Morgan fingerprint density at radius 1 is 1.00 bits per heavy atom. The van der Waals surface area contributed by atoms with Crippen molar-refractivity contribution >= 4 is 8.32 Å². The van der Waals surface area contributed by atoms with Gasteiger partial charge in [0.25, 0.3) is 0 Å². The summed E-state index contributed by atoms with van der Waals surface area (Å²) in [7, 11) is -1.59. The Bertz CT molecular complexity index is 328. The fourth-order valence-corrected chi connectivity index (χ4v) is 1.96. The quantitative estimate of drug-likeness (QED) is 0.413. The first kappa shape index (κ1) is 16.3. The smallest absolute Gasteiger partial charge is 0.192 e. The van der Waals surface area contributed by atoms with Gasteiger partial charge in [-0.2, -0.15) is 0 Å². The van der Waals surface area contributed by atoms with E-state index in [-0.39, 0.29) is 5.04 Å². The van der Waals surface area contributed by atoms with Gasteiger partial charge < -0.3 is 4.43 Å². The Kier molecular flexibility index (Phi) is 7.28. The highest BCUT2D eigenvalue weighted by Gasteiger charge is 2.36. The van der Waals surface area contributed by atoms with Crippen molar-refractivity contribution in [3.8, 4) is 23.7 Å². The molecular formula is C15H26OSi. The van der Waals surface area contributed by atoms with E-state index in [4.69, 9.17) is 4.43 Å². The van der Waals surface area contributed by atoms with Crippen LogP contribution in [0.1, 0.15) is 47.0 Å². The second-order valence-corrected chi connectivity index (χ2v) is 10.5. The lowest BCUT2D eigenvalue weighted by Crippen LogP contribution is -2.40. The van der Waals surface area contributed by atoms with Crippen LogP contribution in [0.25, 0.3) is 0 Å². The Morgan fingerprint density at radius 2 is 1.53 bits per heavy atom. The molecule has 0 bridgehead atoms. The van der Waals surface area contributed by atoms with Gasteiger partial charge in [0.1, 0.15) is 0 Å². The molecule has 0 saturated carbocycles. The van der Waals surface area contributed by atoms with Crippen molar-refractivity contribution in [1.29, 1.82) is 0 Å². The molecule has 0 aromatic rings. The van der Waals surface area contributed by atoms with E-state index in [1.165, 1.54) is 0 Å². The molecule has 0 spiro atoms. The third kappa shape index (κ3) is 7.26. The second-order valence-electron chi connectivity index (χ2n) is 5.71. The van der Waals surface area contributed by atoms with Gasteiger partial charge in [0.05, 0.1) is 0 Å². The molecule has 0 amide bonds. The van der Waals surface area contributed by atoms with Crippen LogP contribution in [-0.4, -0.2) is 14.9 Å². The zero-order valence-electron chi connectivity index (χ0n) is 12.2. The molecule has 2 heteroatoms. The summed E-state index contributed by atoms with van der Waals surface area (Å²) in [6.07, 6.45) is 2.83. The standard InChI is InChI=1S/C15H26OSi/c1-7-8-9-10-11-12-13-14-16-17(5,6)15(2,3)4/h7-8,13-14H2,1-6H3. The lowest BCUT2D eigenvalue weighted by molar-refractivity contribution is 0.296. The third-order valence-electron chi connectivity index (χ3n) is 3.11. The van der Waals surface area contributed by atoms with Crippen LogP contribution in [0.3, 0.4) is 0 Å². The van der Waals surface area contributed by atoms with Crippen LogP contribution in [-0.2, 0) is 4.43 Å². The predicted octanol–water partition coefficient (Wildman–Crippen LogP) is 4.21. The molecule has 1 nitrogen and oxygen atoms in total. The van der Waals surface area contributed by atoms with Gasteiger partial charge in [-0.15, -0.1) is 0 Å². The molecule has 17 heavy (non-hydrogen) atoms. The fourth-order valence-electron chi connectivity index (χ4n) is 0.912. The first-order valence-electron chi connectivity index (χ1n) is 6.41. The number of rotatable bonds is 4. The average Bonchev–Trinajstić information content (AvgIpc) is 2.20. The maximum Gasteiger partial charge on any atom is 0.192 e. The summed E-state index contributed by atoms with van der Waals surface area (Å²) < 4.78 is 6.01. The molecule has 0 saturated heterocycles. The van der Waals surface area contributed by atoms with Gasteiger partial charge in [-0.25, -0.2) is 0 Å². The van der Waals surface area contributed by atoms with E-state index in [1.807, 2.05) is 0 Å². The molecule has 0 fully saturated rings. The van der Waals surface area contributed by atoms with E-state index in [9.17, 15) is 0 Å². The van der Waals surface area contributed by atoms with Crippen molar-refractivity contribution in [2.45, 2.75) is 65.1 Å². The largest absolute Gasteiger partial charge is 0.416 e. The minimum Gasteiger partial charge on any atom is -0.416 e. The van der Waals surface area contributed by atoms with Crippen molar-refractivity contribution in [2.75, 3.05) is 6.61 Å². The number of hydrogen-bond acceptors (Lipinski definition) is 1. The van der Waals surface area contributed by atoms with E-state index < -0.39 is 8.32 Å². The third-order valence-corrected chi connectivity index (χ3v) is 7.65. The van der Waals surface area contributed by atoms with Crippen LogP contribution in [0.15, 0.2) is 0 Å². The van der Waals surface area contributed by atoms with Crippen LogP contribution in [0.4, 0.5) is 0 Å². The van der Waals surface area contributed by atoms with E-state index >= 15 is 0 Å². The van der Waals surface area contributed by atoms with Gasteiger partial charge in [-0.3, -0.25) is 0 Å². The summed E-state index contributed by atoms with van der Waals surface area (Å²) in [5, 5.41) is 0.279. The highest BCUT2D eigenvalue weighted by atomic mass is 28.4. The van der Waals surface area contributed by atoms with Crippen LogP contribution < -0.4 is 0 Å². The summed E-state index contributed by atoms with van der Waals surface area (Å²) in [5.74, 6) is 11.8. The zero-order chi connectivity index (χ0) is 13.4. The molecule has 0 aliphatic rings. The molecule has 0 atom stereocenters. The molecular weight excluding hydrogens is 224 g/mol. The molecule has 96 valence electrons. The molecule has 0 heterocycles. The Hall–Kier alpha value is -0.703. The summed E-state index contributed by atoms with van der Waals surface area (Å²) in [5.41, 5.74) is 0. The van der Waals surface area contributed by atoms with E-state index in [0.717, 1.165) is 25.9 Å². The Balaban J connectivity index is 3.91.